The van der Waals surface area contributed by atoms with Crippen molar-refractivity contribution in [2.75, 3.05) is 18.4 Å². The van der Waals surface area contributed by atoms with Gasteiger partial charge in [0.15, 0.2) is 0 Å². The number of rotatable bonds is 3. The molecule has 1 fully saturated rings. The van der Waals surface area contributed by atoms with Gasteiger partial charge in [-0.2, -0.15) is 0 Å². The summed E-state index contributed by atoms with van der Waals surface area (Å²) in [4.78, 5) is 10.5. The van der Waals surface area contributed by atoms with Crippen molar-refractivity contribution in [1.82, 2.24) is 5.32 Å². The van der Waals surface area contributed by atoms with Crippen LogP contribution in [-0.4, -0.2) is 24.1 Å². The number of hydrogen-bond acceptors (Lipinski definition) is 4. The molecule has 0 aliphatic carbocycles. The monoisotopic (exact) mass is 221 g/mol. The predicted octanol–water partition coefficient (Wildman–Crippen LogP) is 1.68. The first kappa shape index (κ1) is 10.9. The Morgan fingerprint density at radius 3 is 3.00 bits per heavy atom. The summed E-state index contributed by atoms with van der Waals surface area (Å²) >= 11 is 0. The Labute approximate surface area is 94.0 Å². The van der Waals surface area contributed by atoms with Gasteiger partial charge in [-0.3, -0.25) is 10.1 Å². The fourth-order valence-electron chi connectivity index (χ4n) is 1.92. The van der Waals surface area contributed by atoms with E-state index >= 15 is 0 Å². The van der Waals surface area contributed by atoms with Gasteiger partial charge in [0.1, 0.15) is 5.69 Å². The van der Waals surface area contributed by atoms with E-state index in [1.165, 1.54) is 0 Å². The molecule has 1 aromatic carbocycles. The highest BCUT2D eigenvalue weighted by molar-refractivity contribution is 5.63. The van der Waals surface area contributed by atoms with Crippen molar-refractivity contribution in [3.63, 3.8) is 0 Å². The minimum absolute atomic E-state index is 0.150. The highest BCUT2D eigenvalue weighted by Crippen LogP contribution is 2.26. The molecule has 16 heavy (non-hydrogen) atoms. The minimum Gasteiger partial charge on any atom is -0.375 e. The lowest BCUT2D eigenvalue weighted by Gasteiger charge is -2.13. The maximum absolute atomic E-state index is 10.9. The van der Waals surface area contributed by atoms with Gasteiger partial charge in [-0.05, 0) is 31.5 Å². The standard InChI is InChI=1S/C11H15N3O2/c1-8-2-3-11(14(15)16)10(6-8)13-9-4-5-12-7-9/h2-3,6,9,12-13H,4-5,7H2,1H3. The molecule has 0 bridgehead atoms. The third-order valence-corrected chi connectivity index (χ3v) is 2.77. The molecular formula is C11H15N3O2. The van der Waals surface area contributed by atoms with Gasteiger partial charge in [0, 0.05) is 18.7 Å². The number of nitro groups is 1. The molecule has 1 atom stereocenters. The van der Waals surface area contributed by atoms with E-state index in [1.54, 1.807) is 12.1 Å². The maximum Gasteiger partial charge on any atom is 0.292 e. The Morgan fingerprint density at radius 2 is 2.38 bits per heavy atom. The Morgan fingerprint density at radius 1 is 1.56 bits per heavy atom. The fourth-order valence-corrected chi connectivity index (χ4v) is 1.92. The predicted molar refractivity (Wildman–Crippen MR) is 62.7 cm³/mol. The summed E-state index contributed by atoms with van der Waals surface area (Å²) in [7, 11) is 0. The molecule has 5 heteroatoms. The van der Waals surface area contributed by atoms with Gasteiger partial charge in [-0.15, -0.1) is 0 Å². The van der Waals surface area contributed by atoms with Crippen LogP contribution in [0, 0.1) is 17.0 Å². The van der Waals surface area contributed by atoms with E-state index in [2.05, 4.69) is 10.6 Å². The Hall–Kier alpha value is -1.62. The number of nitro benzene ring substituents is 1. The molecule has 0 radical (unpaired) electrons. The van der Waals surface area contributed by atoms with Crippen molar-refractivity contribution in [1.29, 1.82) is 0 Å². The molecule has 0 saturated carbocycles. The van der Waals surface area contributed by atoms with Crippen molar-refractivity contribution in [2.24, 2.45) is 0 Å². The average molecular weight is 221 g/mol. The van der Waals surface area contributed by atoms with Crippen LogP contribution >= 0.6 is 0 Å². The molecule has 5 nitrogen and oxygen atoms in total. The molecule has 1 saturated heterocycles. The highest BCUT2D eigenvalue weighted by Gasteiger charge is 2.19. The van der Waals surface area contributed by atoms with Crippen molar-refractivity contribution in [3.8, 4) is 0 Å². The van der Waals surface area contributed by atoms with Crippen LogP contribution in [0.4, 0.5) is 11.4 Å². The van der Waals surface area contributed by atoms with Gasteiger partial charge >= 0.3 is 0 Å². The number of anilines is 1. The second-order valence-corrected chi connectivity index (χ2v) is 4.11. The Balaban J connectivity index is 2.22. The number of benzene rings is 1. The molecule has 0 spiro atoms. The number of nitrogens with one attached hydrogen (secondary N) is 2. The van der Waals surface area contributed by atoms with Crippen LogP contribution in [-0.2, 0) is 0 Å². The molecule has 2 N–H and O–H groups in total. The average Bonchev–Trinajstić information content (AvgIpc) is 2.70. The quantitative estimate of drug-likeness (QED) is 0.602. The number of hydrogen-bond donors (Lipinski definition) is 2. The van der Waals surface area contributed by atoms with E-state index in [1.807, 2.05) is 13.0 Å². The third kappa shape index (κ3) is 2.30. The first-order valence-electron chi connectivity index (χ1n) is 5.39. The van der Waals surface area contributed by atoms with Gasteiger partial charge in [-0.25, -0.2) is 0 Å². The first-order valence-corrected chi connectivity index (χ1v) is 5.39. The van der Waals surface area contributed by atoms with Gasteiger partial charge in [0.25, 0.3) is 5.69 Å². The number of aryl methyl sites for hydroxylation is 1. The van der Waals surface area contributed by atoms with Crippen molar-refractivity contribution < 1.29 is 4.92 Å². The molecule has 0 aromatic heterocycles. The van der Waals surface area contributed by atoms with E-state index in [4.69, 9.17) is 0 Å². The fraction of sp³-hybridized carbons (Fsp3) is 0.455. The van der Waals surface area contributed by atoms with E-state index in [-0.39, 0.29) is 10.6 Å². The van der Waals surface area contributed by atoms with Gasteiger partial charge in [-0.1, -0.05) is 6.07 Å². The summed E-state index contributed by atoms with van der Waals surface area (Å²) in [6.45, 7) is 3.77. The van der Waals surface area contributed by atoms with E-state index < -0.39 is 0 Å². The lowest BCUT2D eigenvalue weighted by atomic mass is 10.1. The summed E-state index contributed by atoms with van der Waals surface area (Å²) in [5, 5.41) is 17.3. The van der Waals surface area contributed by atoms with Crippen LogP contribution in [0.3, 0.4) is 0 Å². The normalized spacial score (nSPS) is 19.7. The summed E-state index contributed by atoms with van der Waals surface area (Å²) in [6, 6.07) is 5.44. The van der Waals surface area contributed by atoms with Crippen LogP contribution < -0.4 is 10.6 Å². The Bertz CT molecular complexity index is 400. The SMILES string of the molecule is Cc1ccc([N+](=O)[O-])c(NC2CCNC2)c1. The molecule has 1 heterocycles. The molecule has 86 valence electrons. The smallest absolute Gasteiger partial charge is 0.292 e. The lowest BCUT2D eigenvalue weighted by molar-refractivity contribution is -0.384. The van der Waals surface area contributed by atoms with Crippen molar-refractivity contribution in [2.45, 2.75) is 19.4 Å². The molecule has 1 aromatic rings. The zero-order valence-corrected chi connectivity index (χ0v) is 9.19. The summed E-state index contributed by atoms with van der Waals surface area (Å²) < 4.78 is 0. The summed E-state index contributed by atoms with van der Waals surface area (Å²) in [6.07, 6.45) is 1.01. The van der Waals surface area contributed by atoms with Gasteiger partial charge < -0.3 is 10.6 Å². The number of nitrogens with zero attached hydrogens (tertiary/aromatic N) is 1. The minimum atomic E-state index is -0.343. The van der Waals surface area contributed by atoms with Crippen LogP contribution in [0.1, 0.15) is 12.0 Å². The van der Waals surface area contributed by atoms with Crippen LogP contribution in [0.25, 0.3) is 0 Å². The van der Waals surface area contributed by atoms with Crippen LogP contribution in [0.2, 0.25) is 0 Å². The molecule has 1 aliphatic heterocycles. The molecule has 1 unspecified atom stereocenters. The zero-order chi connectivity index (χ0) is 11.5. The highest BCUT2D eigenvalue weighted by atomic mass is 16.6. The van der Waals surface area contributed by atoms with E-state index in [9.17, 15) is 10.1 Å². The summed E-state index contributed by atoms with van der Waals surface area (Å²) in [5.74, 6) is 0. The first-order chi connectivity index (χ1) is 7.66. The zero-order valence-electron chi connectivity index (χ0n) is 9.19. The topological polar surface area (TPSA) is 67.2 Å². The maximum atomic E-state index is 10.9. The molecule has 0 amide bonds. The van der Waals surface area contributed by atoms with Gasteiger partial charge in [0.05, 0.1) is 4.92 Å². The molecule has 2 rings (SSSR count). The van der Waals surface area contributed by atoms with Crippen LogP contribution in [0.15, 0.2) is 18.2 Å². The molecular weight excluding hydrogens is 206 g/mol. The Kier molecular flexibility index (Phi) is 3.05. The second-order valence-electron chi connectivity index (χ2n) is 4.11. The van der Waals surface area contributed by atoms with Crippen molar-refractivity contribution >= 4 is 11.4 Å². The largest absolute Gasteiger partial charge is 0.375 e. The molecule has 1 aliphatic rings. The summed E-state index contributed by atoms with van der Waals surface area (Å²) in [5.41, 5.74) is 1.80. The third-order valence-electron chi connectivity index (χ3n) is 2.77. The lowest BCUT2D eigenvalue weighted by Crippen LogP contribution is -2.22. The van der Waals surface area contributed by atoms with Crippen LogP contribution in [0.5, 0.6) is 0 Å². The van der Waals surface area contributed by atoms with Gasteiger partial charge in [0.2, 0.25) is 0 Å². The van der Waals surface area contributed by atoms with Crippen molar-refractivity contribution in [3.05, 3.63) is 33.9 Å². The second kappa shape index (κ2) is 4.49. The van der Waals surface area contributed by atoms with E-state index in [0.29, 0.717) is 11.7 Å². The van der Waals surface area contributed by atoms with E-state index in [0.717, 1.165) is 25.1 Å².